The van der Waals surface area contributed by atoms with Crippen LogP contribution in [0.15, 0.2) is 71.5 Å². The van der Waals surface area contributed by atoms with E-state index >= 15 is 0 Å². The lowest BCUT2D eigenvalue weighted by Crippen LogP contribution is -2.29. The summed E-state index contributed by atoms with van der Waals surface area (Å²) in [7, 11) is -3.34. The van der Waals surface area contributed by atoms with E-state index in [2.05, 4.69) is 15.0 Å². The molecule has 1 aromatic carbocycles. The Morgan fingerprint density at radius 2 is 1.93 bits per heavy atom. The molecule has 1 saturated heterocycles. The fourth-order valence-electron chi connectivity index (χ4n) is 3.29. The van der Waals surface area contributed by atoms with Gasteiger partial charge in [-0.3, -0.25) is 9.71 Å². The number of aromatic nitrogens is 1. The van der Waals surface area contributed by atoms with Gasteiger partial charge in [0, 0.05) is 17.6 Å². The minimum atomic E-state index is -3.34. The Balaban J connectivity index is 1.71. The summed E-state index contributed by atoms with van der Waals surface area (Å²) in [5.74, 6) is 0.751. The van der Waals surface area contributed by atoms with Crippen LogP contribution in [0.4, 0.5) is 11.4 Å². The van der Waals surface area contributed by atoms with E-state index in [1.165, 1.54) is 0 Å². The van der Waals surface area contributed by atoms with Crippen molar-refractivity contribution in [2.45, 2.75) is 12.1 Å². The molecule has 2 atom stereocenters. The van der Waals surface area contributed by atoms with Crippen molar-refractivity contribution in [2.75, 3.05) is 15.9 Å². The van der Waals surface area contributed by atoms with Gasteiger partial charge in [-0.05, 0) is 60.7 Å². The number of thiocarbonyl (C=S) groups is 1. The van der Waals surface area contributed by atoms with Crippen molar-refractivity contribution in [3.05, 3.63) is 78.5 Å². The van der Waals surface area contributed by atoms with Crippen LogP contribution in [0.5, 0.6) is 0 Å². The van der Waals surface area contributed by atoms with Crippen molar-refractivity contribution >= 4 is 38.7 Å². The molecule has 0 radical (unpaired) electrons. The van der Waals surface area contributed by atoms with Crippen LogP contribution in [-0.4, -0.2) is 24.8 Å². The molecule has 3 aromatic rings. The monoisotopic (exact) mass is 414 g/mol. The minimum Gasteiger partial charge on any atom is -0.467 e. The first kappa shape index (κ1) is 18.5. The van der Waals surface area contributed by atoms with Crippen LogP contribution in [0, 0.1) is 0 Å². The average Bonchev–Trinajstić information content (AvgIpc) is 3.29. The van der Waals surface area contributed by atoms with E-state index in [1.54, 1.807) is 24.6 Å². The van der Waals surface area contributed by atoms with E-state index < -0.39 is 10.0 Å². The van der Waals surface area contributed by atoms with Crippen molar-refractivity contribution in [1.29, 1.82) is 0 Å². The fraction of sp³-hybridized carbons (Fsp3) is 0.158. The number of hydrogen-bond acceptors (Lipinski definition) is 5. The van der Waals surface area contributed by atoms with Gasteiger partial charge in [0.1, 0.15) is 11.8 Å². The molecule has 1 fully saturated rings. The molecule has 0 unspecified atom stereocenters. The largest absolute Gasteiger partial charge is 0.467 e. The van der Waals surface area contributed by atoms with Gasteiger partial charge in [-0.2, -0.15) is 0 Å². The molecule has 4 rings (SSSR count). The van der Waals surface area contributed by atoms with E-state index in [4.69, 9.17) is 16.6 Å². The molecule has 7 nitrogen and oxygen atoms in total. The van der Waals surface area contributed by atoms with Crippen LogP contribution < -0.4 is 14.9 Å². The number of nitrogens with zero attached hydrogens (tertiary/aromatic N) is 2. The van der Waals surface area contributed by atoms with Gasteiger partial charge in [0.05, 0.1) is 24.3 Å². The second kappa shape index (κ2) is 7.25. The lowest BCUT2D eigenvalue weighted by atomic mass is 10.0. The standard InChI is InChI=1S/C19H18N4O3S2/c1-28(24,25)22-13-7-9-14(10-8-13)23-18(16-6-4-12-26-16)17(21-19(23)27)15-5-2-3-11-20-15/h2-12,17-18,22H,1H3,(H,21,27)/t17-,18-/m1/s1. The van der Waals surface area contributed by atoms with E-state index in [1.807, 2.05) is 47.4 Å². The van der Waals surface area contributed by atoms with Crippen LogP contribution in [-0.2, 0) is 10.0 Å². The molecule has 0 bridgehead atoms. The molecule has 0 amide bonds. The highest BCUT2D eigenvalue weighted by atomic mass is 32.2. The van der Waals surface area contributed by atoms with Gasteiger partial charge in [0.2, 0.25) is 10.0 Å². The molecule has 3 heterocycles. The second-order valence-corrected chi connectivity index (χ2v) is 8.57. The van der Waals surface area contributed by atoms with Gasteiger partial charge in [0.15, 0.2) is 5.11 Å². The van der Waals surface area contributed by atoms with Gasteiger partial charge in [-0.25, -0.2) is 8.42 Å². The predicted molar refractivity (Wildman–Crippen MR) is 112 cm³/mol. The summed E-state index contributed by atoms with van der Waals surface area (Å²) in [6.07, 6.45) is 4.49. The van der Waals surface area contributed by atoms with Crippen LogP contribution in [0.3, 0.4) is 0 Å². The molecule has 0 spiro atoms. The quantitative estimate of drug-likeness (QED) is 0.620. The molecular weight excluding hydrogens is 396 g/mol. The zero-order chi connectivity index (χ0) is 19.7. The summed E-state index contributed by atoms with van der Waals surface area (Å²) in [4.78, 5) is 6.43. The Hall–Kier alpha value is -2.91. The first-order chi connectivity index (χ1) is 13.4. The lowest BCUT2D eigenvalue weighted by Gasteiger charge is -2.26. The van der Waals surface area contributed by atoms with Gasteiger partial charge in [-0.15, -0.1) is 0 Å². The zero-order valence-corrected chi connectivity index (χ0v) is 16.6. The Labute approximate surface area is 168 Å². The maximum Gasteiger partial charge on any atom is 0.229 e. The molecule has 0 aliphatic carbocycles. The minimum absolute atomic E-state index is 0.186. The summed E-state index contributed by atoms with van der Waals surface area (Å²) in [5, 5.41) is 3.88. The highest BCUT2D eigenvalue weighted by molar-refractivity contribution is 7.92. The Morgan fingerprint density at radius 3 is 2.54 bits per heavy atom. The molecular formula is C19H18N4O3S2. The number of pyridine rings is 1. The Morgan fingerprint density at radius 1 is 1.14 bits per heavy atom. The smallest absolute Gasteiger partial charge is 0.229 e. The summed E-state index contributed by atoms with van der Waals surface area (Å²) in [6, 6.07) is 16.1. The van der Waals surface area contributed by atoms with Crippen molar-refractivity contribution in [1.82, 2.24) is 10.3 Å². The summed E-state index contributed by atoms with van der Waals surface area (Å²) >= 11 is 5.60. The normalized spacial score (nSPS) is 19.5. The summed E-state index contributed by atoms with van der Waals surface area (Å²) < 4.78 is 31.0. The Kier molecular flexibility index (Phi) is 4.78. The first-order valence-electron chi connectivity index (χ1n) is 8.54. The van der Waals surface area contributed by atoms with E-state index in [9.17, 15) is 8.42 Å². The molecule has 0 saturated carbocycles. The maximum absolute atomic E-state index is 11.4. The fourth-order valence-corrected chi connectivity index (χ4v) is 4.20. The topological polar surface area (TPSA) is 87.5 Å². The van der Waals surface area contributed by atoms with Gasteiger partial charge >= 0.3 is 0 Å². The Bertz CT molecular complexity index is 1070. The number of rotatable bonds is 5. The first-order valence-corrected chi connectivity index (χ1v) is 10.8. The average molecular weight is 415 g/mol. The van der Waals surface area contributed by atoms with Crippen LogP contribution in [0.25, 0.3) is 0 Å². The highest BCUT2D eigenvalue weighted by Gasteiger charge is 2.42. The summed E-state index contributed by atoms with van der Waals surface area (Å²) in [5.41, 5.74) is 2.15. The number of sulfonamides is 1. The molecule has 2 N–H and O–H groups in total. The third-order valence-electron chi connectivity index (χ3n) is 4.38. The van der Waals surface area contributed by atoms with Crippen molar-refractivity contribution in [3.8, 4) is 0 Å². The van der Waals surface area contributed by atoms with Gasteiger partial charge in [0.25, 0.3) is 0 Å². The molecule has 28 heavy (non-hydrogen) atoms. The maximum atomic E-state index is 11.4. The number of anilines is 2. The molecule has 2 aromatic heterocycles. The van der Waals surface area contributed by atoms with Crippen molar-refractivity contribution in [2.24, 2.45) is 0 Å². The number of nitrogens with one attached hydrogen (secondary N) is 2. The third-order valence-corrected chi connectivity index (χ3v) is 5.30. The van der Waals surface area contributed by atoms with E-state index in [0.29, 0.717) is 10.8 Å². The predicted octanol–water partition coefficient (Wildman–Crippen LogP) is 3.22. The number of furan rings is 1. The number of benzene rings is 1. The van der Waals surface area contributed by atoms with Gasteiger partial charge < -0.3 is 14.6 Å². The third kappa shape index (κ3) is 3.71. The lowest BCUT2D eigenvalue weighted by molar-refractivity contribution is 0.432. The zero-order valence-electron chi connectivity index (χ0n) is 14.9. The molecule has 144 valence electrons. The van der Waals surface area contributed by atoms with E-state index in [-0.39, 0.29) is 12.1 Å². The second-order valence-electron chi connectivity index (χ2n) is 6.43. The van der Waals surface area contributed by atoms with E-state index in [0.717, 1.165) is 23.4 Å². The van der Waals surface area contributed by atoms with Crippen molar-refractivity contribution in [3.63, 3.8) is 0 Å². The number of hydrogen-bond donors (Lipinski definition) is 2. The molecule has 1 aliphatic heterocycles. The molecule has 1 aliphatic rings. The SMILES string of the molecule is CS(=O)(=O)Nc1ccc(N2C(=S)N[C@H](c3ccccn3)[C@H]2c2ccco2)cc1. The van der Waals surface area contributed by atoms with Crippen LogP contribution >= 0.6 is 12.2 Å². The molecule has 9 heteroatoms. The van der Waals surface area contributed by atoms with Crippen LogP contribution in [0.2, 0.25) is 0 Å². The van der Waals surface area contributed by atoms with Gasteiger partial charge in [-0.1, -0.05) is 6.07 Å². The highest BCUT2D eigenvalue weighted by Crippen LogP contribution is 2.41. The van der Waals surface area contributed by atoms with Crippen molar-refractivity contribution < 1.29 is 12.8 Å². The summed E-state index contributed by atoms with van der Waals surface area (Å²) in [6.45, 7) is 0. The van der Waals surface area contributed by atoms with Crippen LogP contribution in [0.1, 0.15) is 23.5 Å².